The fraction of sp³-hybridized carbons (Fsp3) is 0.625. The van der Waals surface area contributed by atoms with E-state index in [4.69, 9.17) is 0 Å². The molecule has 2 rings (SSSR count). The third kappa shape index (κ3) is 4.51. The molecule has 0 aromatic heterocycles. The molecule has 1 N–H and O–H groups in total. The van der Waals surface area contributed by atoms with Crippen LogP contribution < -0.4 is 4.72 Å². The van der Waals surface area contributed by atoms with Gasteiger partial charge in [-0.15, -0.1) is 0 Å². The lowest BCUT2D eigenvalue weighted by Crippen LogP contribution is -2.45. The molecule has 1 fully saturated rings. The molecule has 1 aromatic rings. The van der Waals surface area contributed by atoms with E-state index in [1.165, 1.54) is 6.07 Å². The number of hydrogen-bond acceptors (Lipinski definition) is 3. The van der Waals surface area contributed by atoms with Crippen molar-refractivity contribution in [3.63, 3.8) is 0 Å². The summed E-state index contributed by atoms with van der Waals surface area (Å²) in [7, 11) is -3.16. The van der Waals surface area contributed by atoms with Gasteiger partial charge in [0, 0.05) is 30.7 Å². The van der Waals surface area contributed by atoms with Crippen LogP contribution in [0.5, 0.6) is 0 Å². The number of benzene rings is 1. The zero-order chi connectivity index (χ0) is 16.2. The second kappa shape index (κ2) is 7.53. The first kappa shape index (κ1) is 17.4. The van der Waals surface area contributed by atoms with Gasteiger partial charge in [-0.05, 0) is 32.3 Å². The molecule has 1 aliphatic rings. The quantitative estimate of drug-likeness (QED) is 0.873. The van der Waals surface area contributed by atoms with Gasteiger partial charge in [0.25, 0.3) is 0 Å². The maximum absolute atomic E-state index is 13.9. The molecule has 1 unspecified atom stereocenters. The Labute approximate surface area is 132 Å². The van der Waals surface area contributed by atoms with Crippen molar-refractivity contribution in [2.75, 3.05) is 18.8 Å². The molecule has 0 spiro atoms. The minimum absolute atomic E-state index is 0.000574. The monoisotopic (exact) mass is 328 g/mol. The third-order valence-electron chi connectivity index (χ3n) is 4.25. The predicted octanol–water partition coefficient (Wildman–Crippen LogP) is 2.68. The van der Waals surface area contributed by atoms with Crippen molar-refractivity contribution in [3.05, 3.63) is 35.6 Å². The van der Waals surface area contributed by atoms with E-state index in [1.807, 2.05) is 26.0 Å². The van der Waals surface area contributed by atoms with Gasteiger partial charge in [0.15, 0.2) is 0 Å². The number of rotatable bonds is 6. The first-order chi connectivity index (χ1) is 10.4. The van der Waals surface area contributed by atoms with E-state index < -0.39 is 10.0 Å². The van der Waals surface area contributed by atoms with Crippen LogP contribution in [0.1, 0.15) is 44.7 Å². The van der Waals surface area contributed by atoms with Crippen molar-refractivity contribution in [3.8, 4) is 0 Å². The second-order valence-corrected chi connectivity index (χ2v) is 7.82. The summed E-state index contributed by atoms with van der Waals surface area (Å²) in [6, 6.07) is 6.85. The molecule has 0 amide bonds. The van der Waals surface area contributed by atoms with Crippen LogP contribution in [-0.2, 0) is 10.0 Å². The number of halogens is 1. The molecular formula is C16H25FN2O2S. The van der Waals surface area contributed by atoms with Crippen LogP contribution in [0.3, 0.4) is 0 Å². The third-order valence-corrected chi connectivity index (χ3v) is 5.89. The lowest BCUT2D eigenvalue weighted by molar-refractivity contribution is 0.157. The fourth-order valence-electron chi connectivity index (χ4n) is 3.00. The Morgan fingerprint density at radius 2 is 1.95 bits per heavy atom. The molecule has 1 aliphatic heterocycles. The first-order valence-electron chi connectivity index (χ1n) is 7.91. The Balaban J connectivity index is 1.91. The number of hydrogen-bond donors (Lipinski definition) is 1. The van der Waals surface area contributed by atoms with Crippen LogP contribution in [0.25, 0.3) is 0 Å². The molecule has 0 bridgehead atoms. The lowest BCUT2D eigenvalue weighted by Gasteiger charge is -2.36. The second-order valence-electron chi connectivity index (χ2n) is 5.94. The molecule has 124 valence electrons. The smallest absolute Gasteiger partial charge is 0.211 e. The molecule has 0 saturated carbocycles. The van der Waals surface area contributed by atoms with Crippen LogP contribution in [0.15, 0.2) is 24.3 Å². The highest BCUT2D eigenvalue weighted by atomic mass is 32.2. The van der Waals surface area contributed by atoms with Gasteiger partial charge in [-0.25, -0.2) is 17.5 Å². The SMILES string of the molecule is CCCS(=O)(=O)NC1CCN(C(C)c2ccccc2F)CC1. The van der Waals surface area contributed by atoms with Gasteiger partial charge < -0.3 is 0 Å². The fourth-order valence-corrected chi connectivity index (χ4v) is 4.40. The van der Waals surface area contributed by atoms with Crippen LogP contribution in [0.2, 0.25) is 0 Å². The highest BCUT2D eigenvalue weighted by Gasteiger charge is 2.26. The van der Waals surface area contributed by atoms with Gasteiger partial charge >= 0.3 is 0 Å². The molecule has 22 heavy (non-hydrogen) atoms. The minimum atomic E-state index is -3.16. The van der Waals surface area contributed by atoms with E-state index in [1.54, 1.807) is 6.07 Å². The van der Waals surface area contributed by atoms with Crippen LogP contribution in [0, 0.1) is 5.82 Å². The number of likely N-dealkylation sites (tertiary alicyclic amines) is 1. The van der Waals surface area contributed by atoms with Crippen molar-refractivity contribution in [1.29, 1.82) is 0 Å². The Morgan fingerprint density at radius 1 is 1.32 bits per heavy atom. The van der Waals surface area contributed by atoms with E-state index in [-0.39, 0.29) is 23.7 Å². The van der Waals surface area contributed by atoms with Gasteiger partial charge in [-0.3, -0.25) is 4.90 Å². The zero-order valence-corrected chi connectivity index (χ0v) is 14.1. The Kier molecular flexibility index (Phi) is 5.94. The summed E-state index contributed by atoms with van der Waals surface area (Å²) >= 11 is 0. The summed E-state index contributed by atoms with van der Waals surface area (Å²) in [6.45, 7) is 5.40. The standard InChI is InChI=1S/C16H25FN2O2S/c1-3-12-22(20,21)18-14-8-10-19(11-9-14)13(2)15-6-4-5-7-16(15)17/h4-7,13-14,18H,3,8-12H2,1-2H3. The van der Waals surface area contributed by atoms with Gasteiger partial charge in [0.2, 0.25) is 10.0 Å². The van der Waals surface area contributed by atoms with Gasteiger partial charge in [0.1, 0.15) is 5.82 Å². The van der Waals surface area contributed by atoms with Crippen LogP contribution in [0.4, 0.5) is 4.39 Å². The summed E-state index contributed by atoms with van der Waals surface area (Å²) in [5.41, 5.74) is 0.701. The molecule has 4 nitrogen and oxygen atoms in total. The maximum atomic E-state index is 13.9. The largest absolute Gasteiger partial charge is 0.296 e. The van der Waals surface area contributed by atoms with Crippen molar-refractivity contribution in [2.45, 2.75) is 45.2 Å². The van der Waals surface area contributed by atoms with E-state index in [9.17, 15) is 12.8 Å². The van der Waals surface area contributed by atoms with Crippen molar-refractivity contribution in [1.82, 2.24) is 9.62 Å². The summed E-state index contributed by atoms with van der Waals surface area (Å²) in [5.74, 6) is -0.000432. The molecule has 1 heterocycles. The van der Waals surface area contributed by atoms with E-state index in [0.717, 1.165) is 25.9 Å². The maximum Gasteiger partial charge on any atom is 0.211 e. The topological polar surface area (TPSA) is 49.4 Å². The molecule has 6 heteroatoms. The van der Waals surface area contributed by atoms with Gasteiger partial charge in [-0.2, -0.15) is 0 Å². The molecule has 1 saturated heterocycles. The average molecular weight is 328 g/mol. The molecule has 1 aromatic carbocycles. The molecule has 0 radical (unpaired) electrons. The summed E-state index contributed by atoms with van der Waals surface area (Å²) < 4.78 is 40.3. The first-order valence-corrected chi connectivity index (χ1v) is 9.56. The van der Waals surface area contributed by atoms with Crippen molar-refractivity contribution >= 4 is 10.0 Å². The van der Waals surface area contributed by atoms with Gasteiger partial charge in [-0.1, -0.05) is 25.1 Å². The van der Waals surface area contributed by atoms with Crippen LogP contribution >= 0.6 is 0 Å². The number of nitrogens with zero attached hydrogens (tertiary/aromatic N) is 1. The van der Waals surface area contributed by atoms with Crippen LogP contribution in [-0.4, -0.2) is 38.2 Å². The predicted molar refractivity (Wildman–Crippen MR) is 86.6 cm³/mol. The lowest BCUT2D eigenvalue weighted by atomic mass is 10.0. The average Bonchev–Trinajstić information content (AvgIpc) is 2.47. The van der Waals surface area contributed by atoms with Crippen molar-refractivity contribution < 1.29 is 12.8 Å². The van der Waals surface area contributed by atoms with E-state index >= 15 is 0 Å². The minimum Gasteiger partial charge on any atom is -0.296 e. The molecular weight excluding hydrogens is 303 g/mol. The number of piperidine rings is 1. The zero-order valence-electron chi connectivity index (χ0n) is 13.3. The van der Waals surface area contributed by atoms with Crippen molar-refractivity contribution in [2.24, 2.45) is 0 Å². The Hall–Kier alpha value is -0.980. The van der Waals surface area contributed by atoms with Gasteiger partial charge in [0.05, 0.1) is 5.75 Å². The van der Waals surface area contributed by atoms with E-state index in [0.29, 0.717) is 12.0 Å². The highest BCUT2D eigenvalue weighted by molar-refractivity contribution is 7.89. The molecule has 1 atom stereocenters. The number of nitrogens with one attached hydrogen (secondary N) is 1. The van der Waals surface area contributed by atoms with E-state index in [2.05, 4.69) is 9.62 Å². The summed E-state index contributed by atoms with van der Waals surface area (Å²) in [5, 5.41) is 0. The normalized spacial score (nSPS) is 19.2. The summed E-state index contributed by atoms with van der Waals surface area (Å²) in [6.07, 6.45) is 2.15. The number of sulfonamides is 1. The Morgan fingerprint density at radius 3 is 2.55 bits per heavy atom. The molecule has 0 aliphatic carbocycles. The Bertz CT molecular complexity index is 584. The summed E-state index contributed by atoms with van der Waals surface area (Å²) in [4.78, 5) is 2.21. The highest BCUT2D eigenvalue weighted by Crippen LogP contribution is 2.26.